The van der Waals surface area contributed by atoms with Gasteiger partial charge in [0.05, 0.1) is 13.2 Å². The minimum Gasteiger partial charge on any atom is -0.420 e. The van der Waals surface area contributed by atoms with E-state index in [1.165, 1.54) is 0 Å². The molecule has 1 saturated heterocycles. The lowest BCUT2D eigenvalue weighted by molar-refractivity contribution is -0.182. The van der Waals surface area contributed by atoms with Crippen LogP contribution < -0.4 is 0 Å². The summed E-state index contributed by atoms with van der Waals surface area (Å²) in [4.78, 5) is 0. The van der Waals surface area contributed by atoms with Gasteiger partial charge in [-0.05, 0) is 18.6 Å². The highest BCUT2D eigenvalue weighted by Crippen LogP contribution is 2.28. The summed E-state index contributed by atoms with van der Waals surface area (Å²) in [5, 5.41) is 9.27. The third-order valence-corrected chi connectivity index (χ3v) is 4.04. The lowest BCUT2D eigenvalue weighted by Gasteiger charge is -2.23. The van der Waals surface area contributed by atoms with E-state index in [4.69, 9.17) is 13.9 Å². The molecule has 0 unspecified atom stereocenters. The standard InChI is InChI=1S/C17H19N3O3/c1-12-18-19-17(23-12)15-11-13-5-2-3-6-14(13)20(15)8-7-16-21-9-4-10-22-16/h2-3,5-6,11,16H,4,7-10H2,1H3. The second kappa shape index (κ2) is 6.14. The van der Waals surface area contributed by atoms with E-state index in [1.807, 2.05) is 12.1 Å². The largest absolute Gasteiger partial charge is 0.420 e. The number of para-hydroxylation sites is 1. The predicted octanol–water partition coefficient (Wildman–Crippen LogP) is 3.15. The lowest BCUT2D eigenvalue weighted by Crippen LogP contribution is -2.26. The van der Waals surface area contributed by atoms with Crippen molar-refractivity contribution in [2.24, 2.45) is 0 Å². The molecule has 1 fully saturated rings. The van der Waals surface area contributed by atoms with Crippen molar-refractivity contribution < 1.29 is 13.9 Å². The zero-order valence-corrected chi connectivity index (χ0v) is 13.1. The fourth-order valence-electron chi connectivity index (χ4n) is 2.97. The van der Waals surface area contributed by atoms with E-state index >= 15 is 0 Å². The Bertz CT molecular complexity index is 802. The van der Waals surface area contributed by atoms with Crippen LogP contribution in [0.2, 0.25) is 0 Å². The molecule has 6 heteroatoms. The molecule has 1 aliphatic heterocycles. The zero-order valence-electron chi connectivity index (χ0n) is 13.1. The molecule has 4 rings (SSSR count). The summed E-state index contributed by atoms with van der Waals surface area (Å²) in [6, 6.07) is 10.3. The molecule has 3 heterocycles. The number of aromatic nitrogens is 3. The van der Waals surface area contributed by atoms with Gasteiger partial charge in [-0.25, -0.2) is 0 Å². The van der Waals surface area contributed by atoms with Crippen LogP contribution in [0.1, 0.15) is 18.7 Å². The summed E-state index contributed by atoms with van der Waals surface area (Å²) in [5.74, 6) is 1.11. The van der Waals surface area contributed by atoms with Crippen LogP contribution in [0.25, 0.3) is 22.5 Å². The number of nitrogens with zero attached hydrogens (tertiary/aromatic N) is 3. The van der Waals surface area contributed by atoms with Gasteiger partial charge in [0.25, 0.3) is 5.89 Å². The second-order valence-electron chi connectivity index (χ2n) is 5.68. The first-order valence-corrected chi connectivity index (χ1v) is 7.93. The first kappa shape index (κ1) is 14.4. The molecule has 1 aromatic carbocycles. The third kappa shape index (κ3) is 2.87. The summed E-state index contributed by atoms with van der Waals surface area (Å²) >= 11 is 0. The average Bonchev–Trinajstić information content (AvgIpc) is 3.17. The molecule has 0 amide bonds. The summed E-state index contributed by atoms with van der Waals surface area (Å²) in [7, 11) is 0. The summed E-state index contributed by atoms with van der Waals surface area (Å²) < 4.78 is 19.1. The van der Waals surface area contributed by atoms with Gasteiger partial charge in [0.1, 0.15) is 5.69 Å². The van der Waals surface area contributed by atoms with Crippen LogP contribution in [0.3, 0.4) is 0 Å². The van der Waals surface area contributed by atoms with E-state index in [1.54, 1.807) is 6.92 Å². The van der Waals surface area contributed by atoms with Crippen molar-refractivity contribution in [1.82, 2.24) is 14.8 Å². The maximum absolute atomic E-state index is 5.65. The zero-order chi connectivity index (χ0) is 15.6. The maximum atomic E-state index is 5.65. The predicted molar refractivity (Wildman–Crippen MR) is 84.9 cm³/mol. The van der Waals surface area contributed by atoms with E-state index in [2.05, 4.69) is 33.0 Å². The molecule has 1 aliphatic rings. The van der Waals surface area contributed by atoms with Gasteiger partial charge in [0.15, 0.2) is 6.29 Å². The molecule has 6 nitrogen and oxygen atoms in total. The Labute approximate surface area is 134 Å². The number of hydrogen-bond acceptors (Lipinski definition) is 5. The van der Waals surface area contributed by atoms with Gasteiger partial charge in [0.2, 0.25) is 5.89 Å². The van der Waals surface area contributed by atoms with Crippen molar-refractivity contribution in [3.8, 4) is 11.6 Å². The number of benzene rings is 1. The van der Waals surface area contributed by atoms with Crippen LogP contribution in [0.4, 0.5) is 0 Å². The Balaban J connectivity index is 1.67. The van der Waals surface area contributed by atoms with Crippen LogP contribution in [0, 0.1) is 6.92 Å². The van der Waals surface area contributed by atoms with E-state index in [9.17, 15) is 0 Å². The van der Waals surface area contributed by atoms with E-state index in [0.29, 0.717) is 11.8 Å². The van der Waals surface area contributed by atoms with Gasteiger partial charge in [-0.1, -0.05) is 18.2 Å². The molecule has 0 bridgehead atoms. The van der Waals surface area contributed by atoms with Crippen molar-refractivity contribution in [2.45, 2.75) is 32.6 Å². The van der Waals surface area contributed by atoms with Crippen molar-refractivity contribution in [1.29, 1.82) is 0 Å². The molecular weight excluding hydrogens is 294 g/mol. The summed E-state index contributed by atoms with van der Waals surface area (Å²) in [6.45, 7) is 4.11. The van der Waals surface area contributed by atoms with Crippen LogP contribution in [-0.2, 0) is 16.0 Å². The van der Waals surface area contributed by atoms with Gasteiger partial charge in [-0.3, -0.25) is 0 Å². The maximum Gasteiger partial charge on any atom is 0.264 e. The van der Waals surface area contributed by atoms with E-state index in [-0.39, 0.29) is 6.29 Å². The number of ether oxygens (including phenoxy) is 2. The van der Waals surface area contributed by atoms with Crippen molar-refractivity contribution in [3.63, 3.8) is 0 Å². The highest BCUT2D eigenvalue weighted by atomic mass is 16.7. The van der Waals surface area contributed by atoms with E-state index in [0.717, 1.165) is 49.2 Å². The SMILES string of the molecule is Cc1nnc(-c2cc3ccccc3n2CCC2OCCCO2)o1. The first-order valence-electron chi connectivity index (χ1n) is 7.93. The Hall–Kier alpha value is -2.18. The van der Waals surface area contributed by atoms with Gasteiger partial charge in [-0.2, -0.15) is 0 Å². The topological polar surface area (TPSA) is 62.3 Å². The quantitative estimate of drug-likeness (QED) is 0.740. The smallest absolute Gasteiger partial charge is 0.264 e. The minimum absolute atomic E-state index is 0.137. The number of fused-ring (bicyclic) bond motifs is 1. The van der Waals surface area contributed by atoms with Crippen LogP contribution in [-0.4, -0.2) is 34.3 Å². The summed E-state index contributed by atoms with van der Waals surface area (Å²) in [5.41, 5.74) is 2.08. The monoisotopic (exact) mass is 313 g/mol. The van der Waals surface area contributed by atoms with Crippen molar-refractivity contribution in [2.75, 3.05) is 13.2 Å². The molecule has 3 aromatic rings. The van der Waals surface area contributed by atoms with Gasteiger partial charge in [-0.15, -0.1) is 10.2 Å². The van der Waals surface area contributed by atoms with Crippen molar-refractivity contribution >= 4 is 10.9 Å². The molecule has 120 valence electrons. The van der Waals surface area contributed by atoms with Crippen LogP contribution in [0.15, 0.2) is 34.7 Å². The minimum atomic E-state index is -0.137. The van der Waals surface area contributed by atoms with Crippen molar-refractivity contribution in [3.05, 3.63) is 36.2 Å². The first-order chi connectivity index (χ1) is 11.3. The molecule has 0 radical (unpaired) electrons. The fourth-order valence-corrected chi connectivity index (χ4v) is 2.97. The molecular formula is C17H19N3O3. The molecule has 0 aliphatic carbocycles. The van der Waals surface area contributed by atoms with Crippen LogP contribution in [0.5, 0.6) is 0 Å². The molecule has 0 N–H and O–H groups in total. The lowest BCUT2D eigenvalue weighted by atomic mass is 10.2. The number of hydrogen-bond donors (Lipinski definition) is 0. The molecule has 0 spiro atoms. The highest BCUT2D eigenvalue weighted by Gasteiger charge is 2.18. The number of aryl methyl sites for hydroxylation is 2. The average molecular weight is 313 g/mol. The molecule has 23 heavy (non-hydrogen) atoms. The normalized spacial score (nSPS) is 16.2. The third-order valence-electron chi connectivity index (χ3n) is 4.04. The number of rotatable bonds is 4. The Kier molecular flexibility index (Phi) is 3.85. The van der Waals surface area contributed by atoms with Gasteiger partial charge in [0, 0.05) is 30.8 Å². The Morgan fingerprint density at radius 2 is 2.00 bits per heavy atom. The highest BCUT2D eigenvalue weighted by molar-refractivity contribution is 5.85. The van der Waals surface area contributed by atoms with Gasteiger partial charge >= 0.3 is 0 Å². The van der Waals surface area contributed by atoms with Gasteiger partial charge < -0.3 is 18.5 Å². The fraction of sp³-hybridized carbons (Fsp3) is 0.412. The van der Waals surface area contributed by atoms with Crippen LogP contribution >= 0.6 is 0 Å². The second-order valence-corrected chi connectivity index (χ2v) is 5.68. The molecule has 0 saturated carbocycles. The Morgan fingerprint density at radius 1 is 1.17 bits per heavy atom. The molecule has 2 aromatic heterocycles. The summed E-state index contributed by atoms with van der Waals surface area (Å²) in [6.07, 6.45) is 1.62. The molecule has 0 atom stereocenters. The Morgan fingerprint density at radius 3 is 2.78 bits per heavy atom. The van der Waals surface area contributed by atoms with E-state index < -0.39 is 0 Å².